The van der Waals surface area contributed by atoms with E-state index in [0.29, 0.717) is 17.0 Å². The fourth-order valence-corrected chi connectivity index (χ4v) is 1.95. The van der Waals surface area contributed by atoms with Crippen molar-refractivity contribution < 1.29 is 23.9 Å². The zero-order chi connectivity index (χ0) is 14.0. The Kier molecular flexibility index (Phi) is 3.50. The van der Waals surface area contributed by atoms with Crippen LogP contribution in [0.5, 0.6) is 5.75 Å². The van der Waals surface area contributed by atoms with Gasteiger partial charge in [0, 0.05) is 5.56 Å². The molecule has 6 heteroatoms. The predicted octanol–water partition coefficient (Wildman–Crippen LogP) is 0.936. The van der Waals surface area contributed by atoms with Crippen LogP contribution in [0.4, 0.5) is 5.69 Å². The van der Waals surface area contributed by atoms with Gasteiger partial charge >= 0.3 is 5.97 Å². The number of nitrogens with one attached hydrogen (secondary N) is 1. The number of Topliss-reactive ketones (excluding diaryl/α,β-unsaturated/α-hetero) is 1. The van der Waals surface area contributed by atoms with Crippen LogP contribution in [0.3, 0.4) is 0 Å². The minimum atomic E-state index is -0.620. The van der Waals surface area contributed by atoms with Gasteiger partial charge in [-0.2, -0.15) is 0 Å². The smallest absolute Gasteiger partial charge is 0.313 e. The fraction of sp³-hybridized carbons (Fsp3) is 0.308. The van der Waals surface area contributed by atoms with Gasteiger partial charge in [-0.3, -0.25) is 14.4 Å². The van der Waals surface area contributed by atoms with Crippen LogP contribution in [-0.2, 0) is 20.7 Å². The number of hydrogen-bond acceptors (Lipinski definition) is 5. The third-order valence-corrected chi connectivity index (χ3v) is 2.88. The van der Waals surface area contributed by atoms with E-state index in [2.05, 4.69) is 10.1 Å². The monoisotopic (exact) mass is 263 g/mol. The summed E-state index contributed by atoms with van der Waals surface area (Å²) in [6.07, 6.45) is -0.170. The van der Waals surface area contributed by atoms with E-state index in [-0.39, 0.29) is 24.3 Å². The molecule has 100 valence electrons. The van der Waals surface area contributed by atoms with Gasteiger partial charge in [-0.15, -0.1) is 0 Å². The van der Waals surface area contributed by atoms with Crippen LogP contribution >= 0.6 is 0 Å². The Balaban J connectivity index is 2.39. The van der Waals surface area contributed by atoms with Crippen molar-refractivity contribution in [2.24, 2.45) is 0 Å². The van der Waals surface area contributed by atoms with Crippen LogP contribution in [0, 0.1) is 0 Å². The van der Waals surface area contributed by atoms with Crippen molar-refractivity contribution in [2.75, 3.05) is 19.5 Å². The lowest BCUT2D eigenvalue weighted by Gasteiger charge is -2.09. The topological polar surface area (TPSA) is 81.7 Å². The number of esters is 1. The second kappa shape index (κ2) is 5.09. The van der Waals surface area contributed by atoms with Gasteiger partial charge in [0.2, 0.25) is 5.91 Å². The molecule has 1 aliphatic heterocycles. The molecule has 6 nitrogen and oxygen atoms in total. The van der Waals surface area contributed by atoms with Crippen LogP contribution in [0.25, 0.3) is 0 Å². The Labute approximate surface area is 109 Å². The van der Waals surface area contributed by atoms with Crippen molar-refractivity contribution in [1.82, 2.24) is 0 Å². The van der Waals surface area contributed by atoms with Crippen LogP contribution in [0.2, 0.25) is 0 Å². The molecule has 0 unspecified atom stereocenters. The summed E-state index contributed by atoms with van der Waals surface area (Å²) < 4.78 is 9.55. The molecule has 0 aliphatic carbocycles. The highest BCUT2D eigenvalue weighted by Gasteiger charge is 2.26. The van der Waals surface area contributed by atoms with E-state index in [1.54, 1.807) is 6.07 Å². The molecule has 1 aromatic rings. The van der Waals surface area contributed by atoms with Crippen molar-refractivity contribution in [3.05, 3.63) is 23.3 Å². The molecule has 1 aliphatic rings. The number of benzene rings is 1. The Morgan fingerprint density at radius 3 is 2.68 bits per heavy atom. The van der Waals surface area contributed by atoms with Crippen molar-refractivity contribution in [3.8, 4) is 5.75 Å². The summed E-state index contributed by atoms with van der Waals surface area (Å²) in [6, 6.07) is 3.21. The van der Waals surface area contributed by atoms with Gasteiger partial charge in [-0.1, -0.05) is 0 Å². The van der Waals surface area contributed by atoms with Gasteiger partial charge in [0.05, 0.1) is 26.3 Å². The van der Waals surface area contributed by atoms with Crippen LogP contribution < -0.4 is 10.1 Å². The minimum absolute atomic E-state index is 0.185. The standard InChI is InChI=1S/C13H13NO5/c1-18-8-3-7-4-11(16)14-13(7)9(5-8)10(15)6-12(17)19-2/h3,5H,4,6H2,1-2H3,(H,14,16). The number of carbonyl (C=O) groups is 3. The van der Waals surface area contributed by atoms with Gasteiger partial charge in [-0.05, 0) is 17.7 Å². The third kappa shape index (κ3) is 2.57. The molecule has 1 N–H and O–H groups in total. The van der Waals surface area contributed by atoms with Crippen molar-refractivity contribution >= 4 is 23.3 Å². The van der Waals surface area contributed by atoms with Gasteiger partial charge in [0.25, 0.3) is 0 Å². The summed E-state index contributed by atoms with van der Waals surface area (Å²) in [5, 5.41) is 2.62. The SMILES string of the molecule is COC(=O)CC(=O)c1cc(OC)cc2c1NC(=O)C2. The van der Waals surface area contributed by atoms with Gasteiger partial charge in [0.15, 0.2) is 5.78 Å². The van der Waals surface area contributed by atoms with Crippen molar-refractivity contribution in [1.29, 1.82) is 0 Å². The summed E-state index contributed by atoms with van der Waals surface area (Å²) in [6.45, 7) is 0. The molecule has 0 saturated carbocycles. The second-order valence-corrected chi connectivity index (χ2v) is 4.11. The van der Waals surface area contributed by atoms with Crippen molar-refractivity contribution in [3.63, 3.8) is 0 Å². The Hall–Kier alpha value is -2.37. The highest BCUT2D eigenvalue weighted by Crippen LogP contribution is 2.32. The first-order valence-electron chi connectivity index (χ1n) is 5.66. The van der Waals surface area contributed by atoms with Gasteiger partial charge < -0.3 is 14.8 Å². The first-order valence-corrected chi connectivity index (χ1v) is 5.66. The summed E-state index contributed by atoms with van der Waals surface area (Å²) in [5.41, 5.74) is 1.42. The maximum Gasteiger partial charge on any atom is 0.313 e. The highest BCUT2D eigenvalue weighted by molar-refractivity contribution is 6.13. The molecule has 0 spiro atoms. The third-order valence-electron chi connectivity index (χ3n) is 2.88. The van der Waals surface area contributed by atoms with E-state index in [0.717, 1.165) is 0 Å². The number of methoxy groups -OCH3 is 2. The van der Waals surface area contributed by atoms with Gasteiger partial charge in [0.1, 0.15) is 12.2 Å². The average Bonchev–Trinajstić information content (AvgIpc) is 2.76. The first-order chi connectivity index (χ1) is 9.05. The quantitative estimate of drug-likeness (QED) is 0.496. The summed E-state index contributed by atoms with van der Waals surface area (Å²) >= 11 is 0. The second-order valence-electron chi connectivity index (χ2n) is 4.11. The molecule has 0 atom stereocenters. The van der Waals surface area contributed by atoms with E-state index in [1.165, 1.54) is 20.3 Å². The summed E-state index contributed by atoms with van der Waals surface area (Å²) in [7, 11) is 2.69. The molecular weight excluding hydrogens is 250 g/mol. The Morgan fingerprint density at radius 2 is 2.05 bits per heavy atom. The van der Waals surface area contributed by atoms with Crippen LogP contribution in [0.15, 0.2) is 12.1 Å². The number of ketones is 1. The lowest BCUT2D eigenvalue weighted by molar-refractivity contribution is -0.139. The van der Waals surface area contributed by atoms with Crippen LogP contribution in [-0.4, -0.2) is 31.9 Å². The predicted molar refractivity (Wildman–Crippen MR) is 66.3 cm³/mol. The molecule has 0 fully saturated rings. The molecule has 19 heavy (non-hydrogen) atoms. The number of hydrogen-bond donors (Lipinski definition) is 1. The molecule has 0 saturated heterocycles. The molecule has 0 bridgehead atoms. The molecule has 1 aromatic carbocycles. The molecule has 1 amide bonds. The highest BCUT2D eigenvalue weighted by atomic mass is 16.5. The van der Waals surface area contributed by atoms with E-state index in [1.807, 2.05) is 0 Å². The molecular formula is C13H13NO5. The molecule has 0 radical (unpaired) electrons. The molecule has 1 heterocycles. The number of fused-ring (bicyclic) bond motifs is 1. The summed E-state index contributed by atoms with van der Waals surface area (Å²) in [4.78, 5) is 34.6. The maximum absolute atomic E-state index is 12.0. The molecule has 2 rings (SSSR count). The first kappa shape index (κ1) is 13.1. The lowest BCUT2D eigenvalue weighted by atomic mass is 10.0. The van der Waals surface area contributed by atoms with Crippen LogP contribution in [0.1, 0.15) is 22.3 Å². The van der Waals surface area contributed by atoms with E-state index in [9.17, 15) is 14.4 Å². The lowest BCUT2D eigenvalue weighted by Crippen LogP contribution is -2.12. The number of carbonyl (C=O) groups excluding carboxylic acids is 3. The number of anilines is 1. The number of rotatable bonds is 4. The maximum atomic E-state index is 12.0. The number of amides is 1. The number of ether oxygens (including phenoxy) is 2. The zero-order valence-corrected chi connectivity index (χ0v) is 10.6. The largest absolute Gasteiger partial charge is 0.497 e. The fourth-order valence-electron chi connectivity index (χ4n) is 1.95. The van der Waals surface area contributed by atoms with Gasteiger partial charge in [-0.25, -0.2) is 0 Å². The van der Waals surface area contributed by atoms with E-state index < -0.39 is 11.8 Å². The summed E-state index contributed by atoms with van der Waals surface area (Å²) in [5.74, 6) is -0.742. The minimum Gasteiger partial charge on any atom is -0.497 e. The Morgan fingerprint density at radius 1 is 1.32 bits per heavy atom. The zero-order valence-electron chi connectivity index (χ0n) is 10.6. The van der Waals surface area contributed by atoms with E-state index in [4.69, 9.17) is 4.74 Å². The van der Waals surface area contributed by atoms with E-state index >= 15 is 0 Å². The van der Waals surface area contributed by atoms with Crippen molar-refractivity contribution in [2.45, 2.75) is 12.8 Å². The average molecular weight is 263 g/mol. The Bertz CT molecular complexity index is 564. The normalized spacial score (nSPS) is 12.6. The molecule has 0 aromatic heterocycles.